The summed E-state index contributed by atoms with van der Waals surface area (Å²) in [6.45, 7) is -0.0957. The van der Waals surface area contributed by atoms with Gasteiger partial charge in [-0.05, 0) is 36.4 Å². The number of hydrogen-bond donors (Lipinski definition) is 1. The maximum Gasteiger partial charge on any atom is 0.262 e. The number of para-hydroxylation sites is 2. The predicted octanol–water partition coefficient (Wildman–Crippen LogP) is 3.11. The van der Waals surface area contributed by atoms with Gasteiger partial charge in [0.2, 0.25) is 0 Å². The summed E-state index contributed by atoms with van der Waals surface area (Å²) in [5.41, 5.74) is 1.68. The third-order valence-corrected chi connectivity index (χ3v) is 3.68. The minimum Gasteiger partial charge on any atom is -0.493 e. The molecule has 6 heteroatoms. The van der Waals surface area contributed by atoms with E-state index in [1.807, 2.05) is 54.2 Å². The Kier molecular flexibility index (Phi) is 4.99. The molecule has 1 amide bonds. The molecule has 1 heterocycles. The van der Waals surface area contributed by atoms with Crippen LogP contribution in [-0.4, -0.2) is 29.2 Å². The summed E-state index contributed by atoms with van der Waals surface area (Å²) in [6.07, 6.45) is 3.64. The fourth-order valence-corrected chi connectivity index (χ4v) is 2.42. The van der Waals surface area contributed by atoms with E-state index in [1.165, 1.54) is 0 Å². The van der Waals surface area contributed by atoms with Gasteiger partial charge in [-0.1, -0.05) is 12.1 Å². The van der Waals surface area contributed by atoms with Gasteiger partial charge < -0.3 is 19.4 Å². The number of aromatic nitrogens is 2. The Balaban J connectivity index is 1.59. The van der Waals surface area contributed by atoms with Crippen molar-refractivity contribution in [3.8, 4) is 22.9 Å². The zero-order chi connectivity index (χ0) is 17.6. The van der Waals surface area contributed by atoms with Crippen molar-refractivity contribution in [2.75, 3.05) is 19.0 Å². The molecule has 128 valence electrons. The minimum absolute atomic E-state index is 0.0957. The van der Waals surface area contributed by atoms with Crippen molar-refractivity contribution in [1.82, 2.24) is 9.55 Å². The van der Waals surface area contributed by atoms with Crippen molar-refractivity contribution in [3.63, 3.8) is 0 Å². The molecule has 0 unspecified atom stereocenters. The van der Waals surface area contributed by atoms with Crippen LogP contribution >= 0.6 is 0 Å². The molecular formula is C19H19N3O3. The van der Waals surface area contributed by atoms with Crippen LogP contribution in [0.1, 0.15) is 0 Å². The normalized spacial score (nSPS) is 10.3. The Morgan fingerprint density at radius 3 is 2.48 bits per heavy atom. The predicted molar refractivity (Wildman–Crippen MR) is 95.8 cm³/mol. The first kappa shape index (κ1) is 16.6. The second kappa shape index (κ2) is 7.53. The van der Waals surface area contributed by atoms with Gasteiger partial charge in [-0.15, -0.1) is 0 Å². The van der Waals surface area contributed by atoms with Crippen molar-refractivity contribution in [1.29, 1.82) is 0 Å². The van der Waals surface area contributed by atoms with Gasteiger partial charge in [0, 0.05) is 30.7 Å². The lowest BCUT2D eigenvalue weighted by Gasteiger charge is -2.11. The van der Waals surface area contributed by atoms with Crippen molar-refractivity contribution < 1.29 is 14.3 Å². The largest absolute Gasteiger partial charge is 0.493 e. The van der Waals surface area contributed by atoms with Crippen LogP contribution in [-0.2, 0) is 11.8 Å². The standard InChI is InChI=1S/C19H19N3O3/c1-22-12-11-20-19(22)14-7-9-15(10-8-14)21-18(23)13-25-17-6-4-3-5-16(17)24-2/h3-12H,13H2,1-2H3,(H,21,23). The maximum absolute atomic E-state index is 12.1. The van der Waals surface area contributed by atoms with Gasteiger partial charge in [0.1, 0.15) is 5.82 Å². The summed E-state index contributed by atoms with van der Waals surface area (Å²) < 4.78 is 12.6. The lowest BCUT2D eigenvalue weighted by atomic mass is 10.2. The first-order valence-electron chi connectivity index (χ1n) is 7.81. The number of nitrogens with one attached hydrogen (secondary N) is 1. The average Bonchev–Trinajstić information content (AvgIpc) is 3.07. The number of imidazole rings is 1. The third kappa shape index (κ3) is 3.98. The fraction of sp³-hybridized carbons (Fsp3) is 0.158. The molecule has 0 atom stereocenters. The van der Waals surface area contributed by atoms with Crippen LogP contribution in [0.5, 0.6) is 11.5 Å². The molecule has 3 rings (SSSR count). The van der Waals surface area contributed by atoms with Gasteiger partial charge >= 0.3 is 0 Å². The van der Waals surface area contributed by atoms with Gasteiger partial charge in [-0.3, -0.25) is 4.79 Å². The smallest absolute Gasteiger partial charge is 0.262 e. The Hall–Kier alpha value is -3.28. The van der Waals surface area contributed by atoms with Gasteiger partial charge in [-0.2, -0.15) is 0 Å². The molecule has 2 aromatic carbocycles. The van der Waals surface area contributed by atoms with Gasteiger partial charge in [0.05, 0.1) is 7.11 Å². The van der Waals surface area contributed by atoms with E-state index in [4.69, 9.17) is 9.47 Å². The monoisotopic (exact) mass is 337 g/mol. The third-order valence-electron chi connectivity index (χ3n) is 3.68. The summed E-state index contributed by atoms with van der Waals surface area (Å²) in [5, 5.41) is 2.80. The van der Waals surface area contributed by atoms with Gasteiger partial charge in [0.25, 0.3) is 5.91 Å². The summed E-state index contributed by atoms with van der Waals surface area (Å²) in [5.74, 6) is 1.76. The molecule has 1 aromatic heterocycles. The van der Waals surface area contributed by atoms with Crippen molar-refractivity contribution in [2.45, 2.75) is 0 Å². The number of anilines is 1. The van der Waals surface area contributed by atoms with E-state index >= 15 is 0 Å². The van der Waals surface area contributed by atoms with E-state index in [-0.39, 0.29) is 12.5 Å². The fourth-order valence-electron chi connectivity index (χ4n) is 2.42. The topological polar surface area (TPSA) is 65.4 Å². The number of hydrogen-bond acceptors (Lipinski definition) is 4. The first-order chi connectivity index (χ1) is 12.2. The Bertz CT molecular complexity index is 856. The molecule has 0 saturated carbocycles. The van der Waals surface area contributed by atoms with Crippen LogP contribution in [0.2, 0.25) is 0 Å². The quantitative estimate of drug-likeness (QED) is 0.750. The number of carbonyl (C=O) groups is 1. The molecule has 0 spiro atoms. The average molecular weight is 337 g/mol. The van der Waals surface area contributed by atoms with Crippen LogP contribution in [0.4, 0.5) is 5.69 Å². The van der Waals surface area contributed by atoms with Crippen LogP contribution in [0.3, 0.4) is 0 Å². The lowest BCUT2D eigenvalue weighted by molar-refractivity contribution is -0.118. The molecule has 0 aliphatic carbocycles. The molecule has 25 heavy (non-hydrogen) atoms. The summed E-state index contributed by atoms with van der Waals surface area (Å²) in [7, 11) is 3.50. The number of carbonyl (C=O) groups excluding carboxylic acids is 1. The number of methoxy groups -OCH3 is 1. The summed E-state index contributed by atoms with van der Waals surface area (Å²) >= 11 is 0. The van der Waals surface area contributed by atoms with Crippen LogP contribution in [0.15, 0.2) is 60.9 Å². The zero-order valence-electron chi connectivity index (χ0n) is 14.1. The van der Waals surface area contributed by atoms with Crippen LogP contribution < -0.4 is 14.8 Å². The lowest BCUT2D eigenvalue weighted by Crippen LogP contribution is -2.20. The van der Waals surface area contributed by atoms with E-state index in [2.05, 4.69) is 10.3 Å². The highest BCUT2D eigenvalue weighted by Gasteiger charge is 2.08. The number of amides is 1. The highest BCUT2D eigenvalue weighted by Crippen LogP contribution is 2.25. The SMILES string of the molecule is COc1ccccc1OCC(=O)Nc1ccc(-c2nccn2C)cc1. The molecule has 0 aliphatic heterocycles. The zero-order valence-corrected chi connectivity index (χ0v) is 14.1. The number of benzene rings is 2. The van der Waals surface area contributed by atoms with E-state index < -0.39 is 0 Å². The number of nitrogens with zero attached hydrogens (tertiary/aromatic N) is 2. The Labute approximate surface area is 146 Å². The van der Waals surface area contributed by atoms with Crippen molar-refractivity contribution in [2.24, 2.45) is 7.05 Å². The number of ether oxygens (including phenoxy) is 2. The molecule has 1 N–H and O–H groups in total. The van der Waals surface area contributed by atoms with Crippen LogP contribution in [0, 0.1) is 0 Å². The summed E-state index contributed by atoms with van der Waals surface area (Å²) in [6, 6.07) is 14.7. The Morgan fingerprint density at radius 1 is 1.12 bits per heavy atom. The molecular weight excluding hydrogens is 318 g/mol. The highest BCUT2D eigenvalue weighted by atomic mass is 16.5. The second-order valence-corrected chi connectivity index (χ2v) is 5.43. The molecule has 0 radical (unpaired) electrons. The molecule has 3 aromatic rings. The number of rotatable bonds is 6. The highest BCUT2D eigenvalue weighted by molar-refractivity contribution is 5.92. The van der Waals surface area contributed by atoms with E-state index in [0.29, 0.717) is 17.2 Å². The molecule has 6 nitrogen and oxygen atoms in total. The molecule has 0 saturated heterocycles. The molecule has 0 bridgehead atoms. The Morgan fingerprint density at radius 2 is 1.84 bits per heavy atom. The molecule has 0 aliphatic rings. The van der Waals surface area contributed by atoms with Gasteiger partial charge in [-0.25, -0.2) is 4.98 Å². The van der Waals surface area contributed by atoms with E-state index in [0.717, 1.165) is 11.4 Å². The molecule has 0 fully saturated rings. The number of aryl methyl sites for hydroxylation is 1. The van der Waals surface area contributed by atoms with Crippen molar-refractivity contribution in [3.05, 3.63) is 60.9 Å². The van der Waals surface area contributed by atoms with E-state index in [1.54, 1.807) is 25.4 Å². The minimum atomic E-state index is -0.240. The van der Waals surface area contributed by atoms with Crippen molar-refractivity contribution >= 4 is 11.6 Å². The van der Waals surface area contributed by atoms with Crippen LogP contribution in [0.25, 0.3) is 11.4 Å². The maximum atomic E-state index is 12.1. The second-order valence-electron chi connectivity index (χ2n) is 5.43. The van der Waals surface area contributed by atoms with Gasteiger partial charge in [0.15, 0.2) is 18.1 Å². The summed E-state index contributed by atoms with van der Waals surface area (Å²) in [4.78, 5) is 16.4. The van der Waals surface area contributed by atoms with E-state index in [9.17, 15) is 4.79 Å². The first-order valence-corrected chi connectivity index (χ1v) is 7.81.